The monoisotopic (exact) mass is 286 g/mol. The van der Waals surface area contributed by atoms with Crippen molar-refractivity contribution in [3.05, 3.63) is 35.4 Å². The predicted octanol–water partition coefficient (Wildman–Crippen LogP) is -10.6. The third kappa shape index (κ3) is 9.01. The SMILES string of the molecule is COC(=O)c1ccccc1C.[Cl-].[Cl-].[Cl-].[Li+].[Mg+2]. The molecule has 1 rings (SSSR count). The van der Waals surface area contributed by atoms with Gasteiger partial charge in [0, 0.05) is 0 Å². The van der Waals surface area contributed by atoms with E-state index < -0.39 is 0 Å². The second-order valence-electron chi connectivity index (χ2n) is 2.31. The number of methoxy groups -OCH3 is 1. The van der Waals surface area contributed by atoms with Gasteiger partial charge in [-0.1, -0.05) is 18.2 Å². The molecule has 0 spiro atoms. The fourth-order valence-electron chi connectivity index (χ4n) is 0.912. The number of benzene rings is 1. The zero-order valence-electron chi connectivity index (χ0n) is 9.47. The van der Waals surface area contributed by atoms with E-state index in [9.17, 15) is 4.79 Å². The van der Waals surface area contributed by atoms with Crippen molar-refractivity contribution in [3.8, 4) is 0 Å². The fourth-order valence-corrected chi connectivity index (χ4v) is 0.912. The predicted molar refractivity (Wildman–Crippen MR) is 48.3 cm³/mol. The number of rotatable bonds is 1. The van der Waals surface area contributed by atoms with Crippen molar-refractivity contribution in [1.82, 2.24) is 0 Å². The van der Waals surface area contributed by atoms with E-state index in [1.807, 2.05) is 25.1 Å². The zero-order valence-corrected chi connectivity index (χ0v) is 13.1. The minimum absolute atomic E-state index is 0. The van der Waals surface area contributed by atoms with E-state index in [0.717, 1.165) is 5.56 Å². The molecular weight excluding hydrogens is 278 g/mol. The summed E-state index contributed by atoms with van der Waals surface area (Å²) in [5, 5.41) is 0. The van der Waals surface area contributed by atoms with Crippen LogP contribution < -0.4 is 56.1 Å². The van der Waals surface area contributed by atoms with Gasteiger partial charge in [-0.3, -0.25) is 0 Å². The van der Waals surface area contributed by atoms with E-state index in [1.165, 1.54) is 7.11 Å². The largest absolute Gasteiger partial charge is 2.00 e. The van der Waals surface area contributed by atoms with Crippen LogP contribution in [0.15, 0.2) is 24.3 Å². The molecule has 0 atom stereocenters. The number of ether oxygens (including phenoxy) is 1. The smallest absolute Gasteiger partial charge is 1.00 e. The Morgan fingerprint density at radius 1 is 1.12 bits per heavy atom. The van der Waals surface area contributed by atoms with E-state index >= 15 is 0 Å². The molecule has 1 aromatic carbocycles. The summed E-state index contributed by atoms with van der Waals surface area (Å²) in [4.78, 5) is 11.0. The molecule has 0 aliphatic heterocycles. The van der Waals surface area contributed by atoms with Gasteiger partial charge in [-0.25, -0.2) is 4.79 Å². The molecular formula is C9H10Cl3LiMgO2. The van der Waals surface area contributed by atoms with Crippen molar-refractivity contribution >= 4 is 29.0 Å². The van der Waals surface area contributed by atoms with Crippen LogP contribution in [0.3, 0.4) is 0 Å². The number of carbonyl (C=O) groups excluding carboxylic acids is 1. The van der Waals surface area contributed by atoms with E-state index in [4.69, 9.17) is 0 Å². The van der Waals surface area contributed by atoms with Crippen LogP contribution in [0.4, 0.5) is 0 Å². The molecule has 0 aliphatic rings. The van der Waals surface area contributed by atoms with Gasteiger partial charge in [-0.15, -0.1) is 0 Å². The Bertz CT molecular complexity index is 287. The van der Waals surface area contributed by atoms with E-state index in [1.54, 1.807) is 6.07 Å². The Balaban J connectivity index is -0.0000000807. The van der Waals surface area contributed by atoms with Crippen LogP contribution in [0.5, 0.6) is 0 Å². The quantitative estimate of drug-likeness (QED) is 0.379. The average molecular weight is 288 g/mol. The van der Waals surface area contributed by atoms with E-state index in [0.29, 0.717) is 5.56 Å². The van der Waals surface area contributed by atoms with Gasteiger partial charge in [-0.2, -0.15) is 0 Å². The number of esters is 1. The summed E-state index contributed by atoms with van der Waals surface area (Å²) in [6.45, 7) is 1.88. The topological polar surface area (TPSA) is 26.3 Å². The molecule has 0 fully saturated rings. The van der Waals surface area contributed by atoms with Gasteiger partial charge >= 0.3 is 47.9 Å². The summed E-state index contributed by atoms with van der Waals surface area (Å²) < 4.78 is 4.58. The molecule has 0 N–H and O–H groups in total. The third-order valence-electron chi connectivity index (χ3n) is 1.55. The minimum atomic E-state index is -0.275. The minimum Gasteiger partial charge on any atom is -1.00 e. The van der Waals surface area contributed by atoms with Crippen LogP contribution in [-0.4, -0.2) is 36.1 Å². The Morgan fingerprint density at radius 3 is 1.94 bits per heavy atom. The van der Waals surface area contributed by atoms with E-state index in [2.05, 4.69) is 4.74 Å². The standard InChI is InChI=1S/C9H10O2.3ClH.Li.Mg/c1-7-5-3-4-6-8(7)9(10)11-2;;;;;/h3-6H,1-2H3;3*1H;;/q;;;;+1;+2/p-3. The molecule has 0 unspecified atom stereocenters. The van der Waals surface area contributed by atoms with Crippen LogP contribution in [0.25, 0.3) is 0 Å². The normalized spacial score (nSPS) is 6.38. The molecule has 82 valence electrons. The fraction of sp³-hybridized carbons (Fsp3) is 0.222. The molecule has 0 bridgehead atoms. The molecule has 0 heterocycles. The zero-order chi connectivity index (χ0) is 8.27. The first-order valence-corrected chi connectivity index (χ1v) is 3.39. The van der Waals surface area contributed by atoms with Crippen molar-refractivity contribution in [2.24, 2.45) is 0 Å². The van der Waals surface area contributed by atoms with Gasteiger partial charge in [0.1, 0.15) is 0 Å². The second-order valence-corrected chi connectivity index (χ2v) is 2.31. The Kier molecular flexibility index (Phi) is 30.0. The average Bonchev–Trinajstić information content (AvgIpc) is 2.04. The van der Waals surface area contributed by atoms with Crippen LogP contribution in [0, 0.1) is 6.92 Å². The van der Waals surface area contributed by atoms with Crippen LogP contribution >= 0.6 is 0 Å². The summed E-state index contributed by atoms with van der Waals surface area (Å²) in [6, 6.07) is 7.34. The molecule has 16 heavy (non-hydrogen) atoms. The first kappa shape index (κ1) is 30.2. The molecule has 0 aliphatic carbocycles. The van der Waals surface area contributed by atoms with Crippen molar-refractivity contribution in [2.75, 3.05) is 7.11 Å². The number of carbonyl (C=O) groups is 1. The molecule has 1 aromatic rings. The van der Waals surface area contributed by atoms with Crippen molar-refractivity contribution in [1.29, 1.82) is 0 Å². The van der Waals surface area contributed by atoms with Crippen molar-refractivity contribution in [2.45, 2.75) is 6.92 Å². The molecule has 2 nitrogen and oxygen atoms in total. The first-order valence-electron chi connectivity index (χ1n) is 3.39. The Hall–Kier alpha value is 0.924. The molecule has 7 heteroatoms. The van der Waals surface area contributed by atoms with Gasteiger partial charge in [0.2, 0.25) is 0 Å². The van der Waals surface area contributed by atoms with Crippen LogP contribution in [0.1, 0.15) is 15.9 Å². The molecule has 0 saturated carbocycles. The number of aryl methyl sites for hydroxylation is 1. The summed E-state index contributed by atoms with van der Waals surface area (Å²) in [7, 11) is 1.38. The maximum Gasteiger partial charge on any atom is 2.00 e. The third-order valence-corrected chi connectivity index (χ3v) is 1.55. The molecule has 0 aromatic heterocycles. The van der Waals surface area contributed by atoms with E-state index in [-0.39, 0.29) is 85.1 Å². The second kappa shape index (κ2) is 15.9. The van der Waals surface area contributed by atoms with Crippen molar-refractivity contribution < 1.29 is 65.6 Å². The number of hydrogen-bond acceptors (Lipinski definition) is 2. The van der Waals surface area contributed by atoms with Gasteiger partial charge in [-0.05, 0) is 18.6 Å². The molecule has 0 amide bonds. The van der Waals surface area contributed by atoms with Gasteiger partial charge in [0.15, 0.2) is 0 Å². The Morgan fingerprint density at radius 2 is 1.56 bits per heavy atom. The number of hydrogen-bond donors (Lipinski definition) is 0. The van der Waals surface area contributed by atoms with Gasteiger partial charge < -0.3 is 42.0 Å². The van der Waals surface area contributed by atoms with Gasteiger partial charge in [0.25, 0.3) is 0 Å². The van der Waals surface area contributed by atoms with Crippen LogP contribution in [-0.2, 0) is 4.74 Å². The molecule has 0 radical (unpaired) electrons. The first-order chi connectivity index (χ1) is 5.25. The summed E-state index contributed by atoms with van der Waals surface area (Å²) in [5.74, 6) is -0.275. The maximum absolute atomic E-state index is 11.0. The Labute approximate surface area is 143 Å². The number of halogens is 3. The summed E-state index contributed by atoms with van der Waals surface area (Å²) in [5.41, 5.74) is 1.58. The summed E-state index contributed by atoms with van der Waals surface area (Å²) in [6.07, 6.45) is 0. The van der Waals surface area contributed by atoms with Crippen LogP contribution in [0.2, 0.25) is 0 Å². The van der Waals surface area contributed by atoms with Gasteiger partial charge in [0.05, 0.1) is 12.7 Å². The maximum atomic E-state index is 11.0. The molecule has 0 saturated heterocycles. The van der Waals surface area contributed by atoms with Crippen molar-refractivity contribution in [3.63, 3.8) is 0 Å². The summed E-state index contributed by atoms with van der Waals surface area (Å²) >= 11 is 0.